The summed E-state index contributed by atoms with van der Waals surface area (Å²) in [6, 6.07) is 11.6. The quantitative estimate of drug-likeness (QED) is 0.213. The third-order valence-electron chi connectivity index (χ3n) is 5.62. The minimum Gasteiger partial charge on any atom is -0.387 e. The van der Waals surface area contributed by atoms with E-state index in [0.29, 0.717) is 16.9 Å². The van der Waals surface area contributed by atoms with Gasteiger partial charge in [-0.25, -0.2) is 4.98 Å². The standard InChI is InChI=1S/C21H26ClN4O7P/c1-2-14(12-6-4-3-5-7-12)23-18-13-8-9-26(19(13)25-21(22)24-18)20-17(28)16(27)15(33-20)10-32-11-34(29,30)31/h3-9,14-17,20,27-28H,2,10-11H2,1H3,(H,23,24,25)(H2,29,30,31)/t14?,15-,16-,17-,20-/m1/s1. The predicted octanol–water partition coefficient (Wildman–Crippen LogP) is 2.42. The summed E-state index contributed by atoms with van der Waals surface area (Å²) in [5, 5.41) is 25.0. The third-order valence-corrected chi connectivity index (χ3v) is 6.31. The van der Waals surface area contributed by atoms with Crippen molar-refractivity contribution in [2.45, 2.75) is 43.9 Å². The van der Waals surface area contributed by atoms with Crippen LogP contribution in [-0.2, 0) is 14.0 Å². The van der Waals surface area contributed by atoms with Gasteiger partial charge in [0.1, 0.15) is 36.1 Å². The second kappa shape index (κ2) is 10.3. The Labute approximate surface area is 200 Å². The van der Waals surface area contributed by atoms with Gasteiger partial charge in [0.05, 0.1) is 18.0 Å². The highest BCUT2D eigenvalue weighted by molar-refractivity contribution is 7.51. The zero-order valence-electron chi connectivity index (χ0n) is 18.2. The van der Waals surface area contributed by atoms with Crippen LogP contribution < -0.4 is 5.32 Å². The molecule has 0 spiro atoms. The molecule has 3 aromatic rings. The molecule has 5 atom stereocenters. The topological polar surface area (TPSA) is 159 Å². The van der Waals surface area contributed by atoms with Gasteiger partial charge in [-0.05, 0) is 29.7 Å². The number of nitrogens with one attached hydrogen (secondary N) is 1. The Balaban J connectivity index is 1.59. The van der Waals surface area contributed by atoms with Crippen molar-refractivity contribution in [2.24, 2.45) is 0 Å². The highest BCUT2D eigenvalue weighted by Crippen LogP contribution is 2.37. The van der Waals surface area contributed by atoms with Crippen molar-refractivity contribution in [2.75, 3.05) is 18.3 Å². The van der Waals surface area contributed by atoms with Crippen LogP contribution in [-0.4, -0.2) is 65.8 Å². The van der Waals surface area contributed by atoms with Gasteiger partial charge in [0.25, 0.3) is 0 Å². The minimum absolute atomic E-state index is 0.00701. The number of anilines is 1. The van der Waals surface area contributed by atoms with Crippen molar-refractivity contribution in [3.05, 3.63) is 53.4 Å². The van der Waals surface area contributed by atoms with Crippen molar-refractivity contribution < 1.29 is 34.0 Å². The molecule has 11 nitrogen and oxygen atoms in total. The number of hydrogen-bond acceptors (Lipinski definition) is 8. The highest BCUT2D eigenvalue weighted by Gasteiger charge is 2.44. The molecule has 34 heavy (non-hydrogen) atoms. The van der Waals surface area contributed by atoms with Crippen LogP contribution in [0.4, 0.5) is 5.82 Å². The van der Waals surface area contributed by atoms with Crippen molar-refractivity contribution in [1.82, 2.24) is 14.5 Å². The molecule has 13 heteroatoms. The number of halogens is 1. The van der Waals surface area contributed by atoms with Crippen molar-refractivity contribution in [3.63, 3.8) is 0 Å². The van der Waals surface area contributed by atoms with Crippen molar-refractivity contribution in [3.8, 4) is 0 Å². The Morgan fingerprint density at radius 2 is 1.94 bits per heavy atom. The molecule has 0 amide bonds. The summed E-state index contributed by atoms with van der Waals surface area (Å²) < 4.78 is 23.2. The lowest BCUT2D eigenvalue weighted by molar-refractivity contribution is -0.0610. The lowest BCUT2D eigenvalue weighted by Crippen LogP contribution is -2.33. The van der Waals surface area contributed by atoms with E-state index in [2.05, 4.69) is 22.2 Å². The number of fused-ring (bicyclic) bond motifs is 1. The maximum atomic E-state index is 11.0. The van der Waals surface area contributed by atoms with E-state index in [1.807, 2.05) is 30.3 Å². The molecule has 1 saturated heterocycles. The van der Waals surface area contributed by atoms with E-state index < -0.39 is 38.5 Å². The molecule has 0 saturated carbocycles. The van der Waals surface area contributed by atoms with E-state index in [4.69, 9.17) is 30.9 Å². The van der Waals surface area contributed by atoms with Crippen LogP contribution in [0.5, 0.6) is 0 Å². The van der Waals surface area contributed by atoms with Crippen LogP contribution >= 0.6 is 19.2 Å². The number of aliphatic hydroxyl groups excluding tert-OH is 2. The average molecular weight is 513 g/mol. The van der Waals surface area contributed by atoms with Gasteiger partial charge < -0.3 is 39.4 Å². The van der Waals surface area contributed by atoms with Gasteiger partial charge in [-0.2, -0.15) is 4.98 Å². The zero-order valence-corrected chi connectivity index (χ0v) is 19.9. The van der Waals surface area contributed by atoms with E-state index in [-0.39, 0.29) is 17.9 Å². The lowest BCUT2D eigenvalue weighted by atomic mass is 10.0. The number of benzene rings is 1. The van der Waals surface area contributed by atoms with Gasteiger partial charge in [-0.3, -0.25) is 4.57 Å². The number of rotatable bonds is 9. The van der Waals surface area contributed by atoms with Crippen LogP contribution in [0.25, 0.3) is 11.0 Å². The summed E-state index contributed by atoms with van der Waals surface area (Å²) in [5.74, 6) is 0.513. The van der Waals surface area contributed by atoms with Gasteiger partial charge in [0.2, 0.25) is 5.28 Å². The van der Waals surface area contributed by atoms with Crippen LogP contribution in [0.3, 0.4) is 0 Å². The Kier molecular flexibility index (Phi) is 7.56. The fourth-order valence-electron chi connectivity index (χ4n) is 3.98. The molecule has 0 bridgehead atoms. The van der Waals surface area contributed by atoms with Gasteiger partial charge >= 0.3 is 7.60 Å². The number of aromatic nitrogens is 3. The number of nitrogens with zero attached hydrogens (tertiary/aromatic N) is 3. The molecule has 184 valence electrons. The number of aliphatic hydroxyl groups is 2. The molecule has 1 aromatic carbocycles. The summed E-state index contributed by atoms with van der Waals surface area (Å²) in [4.78, 5) is 26.5. The van der Waals surface area contributed by atoms with Crippen molar-refractivity contribution >= 4 is 36.0 Å². The van der Waals surface area contributed by atoms with Crippen LogP contribution in [0, 0.1) is 0 Å². The molecule has 1 aliphatic rings. The van der Waals surface area contributed by atoms with E-state index in [9.17, 15) is 14.8 Å². The van der Waals surface area contributed by atoms with Gasteiger partial charge in [-0.15, -0.1) is 0 Å². The van der Waals surface area contributed by atoms with E-state index in [1.165, 1.54) is 4.57 Å². The molecular weight excluding hydrogens is 487 g/mol. The molecular formula is C21H26ClN4O7P. The third kappa shape index (κ3) is 5.42. The maximum absolute atomic E-state index is 11.0. The van der Waals surface area contributed by atoms with Crippen LogP contribution in [0.1, 0.15) is 31.2 Å². The Morgan fingerprint density at radius 3 is 2.62 bits per heavy atom. The molecule has 5 N–H and O–H groups in total. The number of ether oxygens (including phenoxy) is 2. The van der Waals surface area contributed by atoms with Gasteiger partial charge in [-0.1, -0.05) is 37.3 Å². The zero-order chi connectivity index (χ0) is 24.5. The van der Waals surface area contributed by atoms with Gasteiger partial charge in [0.15, 0.2) is 6.23 Å². The summed E-state index contributed by atoms with van der Waals surface area (Å²) >= 11 is 6.21. The first-order valence-electron chi connectivity index (χ1n) is 10.7. The normalized spacial score (nSPS) is 23.9. The van der Waals surface area contributed by atoms with Crippen molar-refractivity contribution in [1.29, 1.82) is 0 Å². The molecule has 4 rings (SSSR count). The maximum Gasteiger partial charge on any atom is 0.350 e. The first-order valence-corrected chi connectivity index (χ1v) is 12.8. The van der Waals surface area contributed by atoms with E-state index >= 15 is 0 Å². The summed E-state index contributed by atoms with van der Waals surface area (Å²) in [5.41, 5.74) is 1.47. The summed E-state index contributed by atoms with van der Waals surface area (Å²) in [7, 11) is -4.37. The summed E-state index contributed by atoms with van der Waals surface area (Å²) in [6.45, 7) is 1.74. The second-order valence-electron chi connectivity index (χ2n) is 8.03. The molecule has 1 unspecified atom stereocenters. The number of hydrogen-bond donors (Lipinski definition) is 5. The van der Waals surface area contributed by atoms with Crippen LogP contribution in [0.2, 0.25) is 5.28 Å². The smallest absolute Gasteiger partial charge is 0.350 e. The average Bonchev–Trinajstić information content (AvgIpc) is 3.33. The fraction of sp³-hybridized carbons (Fsp3) is 0.429. The first kappa shape index (κ1) is 25.0. The highest BCUT2D eigenvalue weighted by atomic mass is 35.5. The molecule has 0 aliphatic carbocycles. The molecule has 0 radical (unpaired) electrons. The molecule has 3 heterocycles. The molecule has 2 aromatic heterocycles. The Bertz CT molecular complexity index is 1170. The fourth-order valence-corrected chi connectivity index (χ4v) is 4.49. The molecule has 1 fully saturated rings. The summed E-state index contributed by atoms with van der Waals surface area (Å²) in [6.07, 6.45) is -3.07. The minimum atomic E-state index is -4.37. The predicted molar refractivity (Wildman–Crippen MR) is 124 cm³/mol. The Hall–Kier alpha value is -2.08. The SMILES string of the molecule is CCC(Nc1nc(Cl)nc2c1ccn2[C@@H]1O[C@H](COCP(=O)(O)O)[C@@H](O)[C@H]1O)c1ccccc1. The van der Waals surface area contributed by atoms with E-state index in [0.717, 1.165) is 12.0 Å². The Morgan fingerprint density at radius 1 is 1.21 bits per heavy atom. The van der Waals surface area contributed by atoms with E-state index in [1.54, 1.807) is 12.3 Å². The lowest BCUT2D eigenvalue weighted by Gasteiger charge is -2.20. The largest absolute Gasteiger partial charge is 0.387 e. The first-order chi connectivity index (χ1) is 16.2. The molecule has 1 aliphatic heterocycles. The second-order valence-corrected chi connectivity index (χ2v) is 9.95. The monoisotopic (exact) mass is 512 g/mol. The van der Waals surface area contributed by atoms with Crippen LogP contribution in [0.15, 0.2) is 42.6 Å². The van der Waals surface area contributed by atoms with Gasteiger partial charge in [0, 0.05) is 6.20 Å².